The highest BCUT2D eigenvalue weighted by Gasteiger charge is 2.29. The molecule has 0 fully saturated rings. The van der Waals surface area contributed by atoms with E-state index in [2.05, 4.69) is 5.32 Å². The van der Waals surface area contributed by atoms with Crippen molar-refractivity contribution in [2.24, 2.45) is 5.92 Å². The van der Waals surface area contributed by atoms with E-state index in [-0.39, 0.29) is 17.4 Å². The Balaban J connectivity index is 2.03. The van der Waals surface area contributed by atoms with E-state index in [1.807, 2.05) is 38.1 Å². The van der Waals surface area contributed by atoms with Gasteiger partial charge in [0, 0.05) is 11.4 Å². The molecule has 3 nitrogen and oxygen atoms in total. The predicted octanol–water partition coefficient (Wildman–Crippen LogP) is 2.37. The van der Waals surface area contributed by atoms with E-state index in [4.69, 9.17) is 16.3 Å². The van der Waals surface area contributed by atoms with Crippen LogP contribution in [0.25, 0.3) is 0 Å². The van der Waals surface area contributed by atoms with Crippen LogP contribution < -0.4 is 10.1 Å². The number of hydrogen-bond acceptors (Lipinski definition) is 2. The molecule has 0 spiro atoms. The van der Waals surface area contributed by atoms with Crippen molar-refractivity contribution in [1.82, 2.24) is 5.32 Å². The van der Waals surface area contributed by atoms with E-state index < -0.39 is 0 Å². The Labute approximate surface area is 112 Å². The van der Waals surface area contributed by atoms with Gasteiger partial charge in [-0.1, -0.05) is 18.2 Å². The lowest BCUT2D eigenvalue weighted by atomic mass is 9.95. The molecule has 0 aliphatic carbocycles. The zero-order valence-electron chi connectivity index (χ0n) is 10.7. The number of fused-ring (bicyclic) bond motifs is 1. The molecule has 1 aromatic rings. The van der Waals surface area contributed by atoms with Gasteiger partial charge in [0.15, 0.2) is 0 Å². The Kier molecular flexibility index (Phi) is 3.81. The van der Waals surface area contributed by atoms with E-state index in [0.717, 1.165) is 17.7 Å². The van der Waals surface area contributed by atoms with Crippen molar-refractivity contribution in [1.29, 1.82) is 0 Å². The van der Waals surface area contributed by atoms with Crippen molar-refractivity contribution in [3.8, 4) is 5.75 Å². The lowest BCUT2D eigenvalue weighted by molar-refractivity contribution is -0.127. The molecule has 1 atom stereocenters. The number of carbonyl (C=O) groups is 1. The number of ether oxygens (including phenoxy) is 1. The molecule has 1 amide bonds. The molecule has 0 radical (unpaired) electrons. The lowest BCUT2D eigenvalue weighted by Gasteiger charge is -2.29. The Hall–Kier alpha value is -1.22. The summed E-state index contributed by atoms with van der Waals surface area (Å²) in [6, 6.07) is 7.84. The summed E-state index contributed by atoms with van der Waals surface area (Å²) in [5.74, 6) is 1.15. The van der Waals surface area contributed by atoms with Crippen LogP contribution in [0.2, 0.25) is 0 Å². The SMILES string of the molecule is CC(C)(CCl)NC(=O)C1COc2ccccc2C1. The van der Waals surface area contributed by atoms with Crippen LogP contribution in [-0.4, -0.2) is 23.9 Å². The summed E-state index contributed by atoms with van der Waals surface area (Å²) in [6.07, 6.45) is 0.723. The number of halogens is 1. The van der Waals surface area contributed by atoms with E-state index in [1.165, 1.54) is 0 Å². The Morgan fingerprint density at radius 2 is 2.22 bits per heavy atom. The minimum absolute atomic E-state index is 0.00940. The van der Waals surface area contributed by atoms with Crippen LogP contribution in [0.1, 0.15) is 19.4 Å². The molecule has 0 bridgehead atoms. The van der Waals surface area contributed by atoms with Crippen LogP contribution in [-0.2, 0) is 11.2 Å². The third-order valence-electron chi connectivity index (χ3n) is 3.05. The molecule has 4 heteroatoms. The second-order valence-corrected chi connectivity index (χ2v) is 5.59. The largest absolute Gasteiger partial charge is 0.492 e. The van der Waals surface area contributed by atoms with Crippen molar-refractivity contribution >= 4 is 17.5 Å². The van der Waals surface area contributed by atoms with Crippen LogP contribution in [0.4, 0.5) is 0 Å². The Bertz CT molecular complexity index is 445. The predicted molar refractivity (Wildman–Crippen MR) is 72.1 cm³/mol. The van der Waals surface area contributed by atoms with Crippen LogP contribution in [0, 0.1) is 5.92 Å². The number of carbonyl (C=O) groups excluding carboxylic acids is 1. The number of amides is 1. The maximum absolute atomic E-state index is 12.1. The van der Waals surface area contributed by atoms with Crippen molar-refractivity contribution in [3.63, 3.8) is 0 Å². The summed E-state index contributed by atoms with van der Waals surface area (Å²) in [7, 11) is 0. The smallest absolute Gasteiger partial charge is 0.227 e. The summed E-state index contributed by atoms with van der Waals surface area (Å²) in [5.41, 5.74) is 0.711. The van der Waals surface area contributed by atoms with E-state index in [9.17, 15) is 4.79 Å². The first-order valence-electron chi connectivity index (χ1n) is 6.10. The first-order chi connectivity index (χ1) is 8.52. The van der Waals surface area contributed by atoms with Gasteiger partial charge in [-0.05, 0) is 31.9 Å². The molecule has 1 heterocycles. The maximum atomic E-state index is 12.1. The van der Waals surface area contributed by atoms with Crippen LogP contribution in [0.3, 0.4) is 0 Å². The lowest BCUT2D eigenvalue weighted by Crippen LogP contribution is -2.49. The van der Waals surface area contributed by atoms with Crippen molar-refractivity contribution < 1.29 is 9.53 Å². The van der Waals surface area contributed by atoms with Gasteiger partial charge in [0.25, 0.3) is 0 Å². The molecule has 1 aliphatic rings. The standard InChI is InChI=1S/C14H18ClNO2/c1-14(2,9-15)16-13(17)11-7-10-5-3-4-6-12(10)18-8-11/h3-6,11H,7-9H2,1-2H3,(H,16,17). The third-order valence-corrected chi connectivity index (χ3v) is 3.71. The second-order valence-electron chi connectivity index (χ2n) is 5.33. The van der Waals surface area contributed by atoms with Crippen LogP contribution >= 0.6 is 11.6 Å². The molecule has 0 saturated heterocycles. The van der Waals surface area contributed by atoms with Crippen LogP contribution in [0.5, 0.6) is 5.75 Å². The Morgan fingerprint density at radius 3 is 2.94 bits per heavy atom. The molecule has 2 rings (SSSR count). The highest BCUT2D eigenvalue weighted by Crippen LogP contribution is 2.27. The highest BCUT2D eigenvalue weighted by molar-refractivity contribution is 6.18. The fraction of sp³-hybridized carbons (Fsp3) is 0.500. The van der Waals surface area contributed by atoms with E-state index in [0.29, 0.717) is 12.5 Å². The fourth-order valence-electron chi connectivity index (χ4n) is 1.97. The van der Waals surface area contributed by atoms with Gasteiger partial charge in [0.1, 0.15) is 12.4 Å². The number of rotatable bonds is 3. The second kappa shape index (κ2) is 5.19. The van der Waals surface area contributed by atoms with Gasteiger partial charge in [0.05, 0.1) is 5.92 Å². The number of nitrogens with one attached hydrogen (secondary N) is 1. The van der Waals surface area contributed by atoms with Gasteiger partial charge < -0.3 is 10.1 Å². The normalized spacial score (nSPS) is 18.7. The molecule has 18 heavy (non-hydrogen) atoms. The molecular formula is C14H18ClNO2. The zero-order chi connectivity index (χ0) is 13.2. The maximum Gasteiger partial charge on any atom is 0.227 e. The third kappa shape index (κ3) is 2.96. The zero-order valence-corrected chi connectivity index (χ0v) is 11.5. The molecule has 0 aromatic heterocycles. The summed E-state index contributed by atoms with van der Waals surface area (Å²) in [5, 5.41) is 2.96. The number of benzene rings is 1. The van der Waals surface area contributed by atoms with Gasteiger partial charge >= 0.3 is 0 Å². The molecule has 1 aromatic carbocycles. The first kappa shape index (κ1) is 13.2. The first-order valence-corrected chi connectivity index (χ1v) is 6.64. The number of alkyl halides is 1. The average molecular weight is 268 g/mol. The summed E-state index contributed by atoms with van der Waals surface area (Å²) < 4.78 is 5.61. The topological polar surface area (TPSA) is 38.3 Å². The Morgan fingerprint density at radius 1 is 1.50 bits per heavy atom. The quantitative estimate of drug-likeness (QED) is 0.854. The average Bonchev–Trinajstić information content (AvgIpc) is 2.37. The summed E-state index contributed by atoms with van der Waals surface area (Å²) >= 11 is 5.81. The molecule has 98 valence electrons. The summed E-state index contributed by atoms with van der Waals surface area (Å²) in [4.78, 5) is 12.1. The molecule has 0 saturated carbocycles. The van der Waals surface area contributed by atoms with Gasteiger partial charge in [0.2, 0.25) is 5.91 Å². The molecule has 1 unspecified atom stereocenters. The minimum atomic E-state index is -0.379. The van der Waals surface area contributed by atoms with Crippen molar-refractivity contribution in [2.75, 3.05) is 12.5 Å². The van der Waals surface area contributed by atoms with Crippen LogP contribution in [0.15, 0.2) is 24.3 Å². The molecular weight excluding hydrogens is 250 g/mol. The molecule has 1 aliphatic heterocycles. The van der Waals surface area contributed by atoms with Gasteiger partial charge in [-0.25, -0.2) is 0 Å². The summed E-state index contributed by atoms with van der Waals surface area (Å²) in [6.45, 7) is 4.26. The fourth-order valence-corrected chi connectivity index (χ4v) is 2.03. The highest BCUT2D eigenvalue weighted by atomic mass is 35.5. The van der Waals surface area contributed by atoms with Gasteiger partial charge in [-0.3, -0.25) is 4.79 Å². The van der Waals surface area contributed by atoms with Crippen molar-refractivity contribution in [2.45, 2.75) is 25.8 Å². The van der Waals surface area contributed by atoms with Gasteiger partial charge in [-0.2, -0.15) is 0 Å². The van der Waals surface area contributed by atoms with E-state index in [1.54, 1.807) is 0 Å². The van der Waals surface area contributed by atoms with E-state index >= 15 is 0 Å². The molecule has 1 N–H and O–H groups in total. The number of hydrogen-bond donors (Lipinski definition) is 1. The van der Waals surface area contributed by atoms with Gasteiger partial charge in [-0.15, -0.1) is 11.6 Å². The monoisotopic (exact) mass is 267 g/mol. The van der Waals surface area contributed by atoms with Crippen molar-refractivity contribution in [3.05, 3.63) is 29.8 Å². The minimum Gasteiger partial charge on any atom is -0.492 e. The number of para-hydroxylation sites is 1.